The number of fused-ring (bicyclic) bond motifs is 2. The largest absolute Gasteiger partial charge is 0.361 e. The van der Waals surface area contributed by atoms with Gasteiger partial charge in [-0.1, -0.05) is 11.6 Å². The first kappa shape index (κ1) is 19.2. The molecular formula is C22H21ClN4O2. The highest BCUT2D eigenvalue weighted by Gasteiger charge is 2.16. The average Bonchev–Trinajstić information content (AvgIpc) is 3.10. The van der Waals surface area contributed by atoms with Crippen LogP contribution >= 0.6 is 11.6 Å². The van der Waals surface area contributed by atoms with Gasteiger partial charge in [-0.2, -0.15) is 0 Å². The SMILES string of the molecule is CCn1cc(C(=O)NCCc2c[nH]c3ccc(Cl)cc23)c(=O)c2ccc(C)nc21. The summed E-state index contributed by atoms with van der Waals surface area (Å²) < 4.78 is 1.83. The summed E-state index contributed by atoms with van der Waals surface area (Å²) in [6.45, 7) is 4.86. The second-order valence-electron chi connectivity index (χ2n) is 6.99. The van der Waals surface area contributed by atoms with Gasteiger partial charge < -0.3 is 14.9 Å². The molecule has 4 rings (SSSR count). The Morgan fingerprint density at radius 3 is 2.86 bits per heavy atom. The number of amides is 1. The molecule has 0 aliphatic rings. The fraction of sp³-hybridized carbons (Fsp3) is 0.227. The third kappa shape index (κ3) is 3.63. The van der Waals surface area contributed by atoms with Gasteiger partial charge in [0.1, 0.15) is 11.2 Å². The summed E-state index contributed by atoms with van der Waals surface area (Å²) in [5.74, 6) is -0.377. The second kappa shape index (κ2) is 7.72. The van der Waals surface area contributed by atoms with E-state index in [1.54, 1.807) is 18.3 Å². The minimum Gasteiger partial charge on any atom is -0.361 e. The number of rotatable bonds is 5. The van der Waals surface area contributed by atoms with Gasteiger partial charge in [0.05, 0.1) is 5.39 Å². The molecule has 0 aliphatic carbocycles. The normalized spacial score (nSPS) is 11.3. The van der Waals surface area contributed by atoms with Crippen LogP contribution in [0.25, 0.3) is 21.9 Å². The first-order chi connectivity index (χ1) is 14.0. The lowest BCUT2D eigenvalue weighted by atomic mass is 10.1. The number of benzene rings is 1. The molecule has 0 unspecified atom stereocenters. The van der Waals surface area contributed by atoms with Gasteiger partial charge in [0.25, 0.3) is 5.91 Å². The van der Waals surface area contributed by atoms with E-state index in [9.17, 15) is 9.59 Å². The zero-order valence-corrected chi connectivity index (χ0v) is 17.0. The van der Waals surface area contributed by atoms with Gasteiger partial charge in [-0.15, -0.1) is 0 Å². The Hall–Kier alpha value is -3.12. The summed E-state index contributed by atoms with van der Waals surface area (Å²) in [5.41, 5.74) is 3.33. The van der Waals surface area contributed by atoms with Gasteiger partial charge in [0, 0.05) is 47.1 Å². The Labute approximate surface area is 172 Å². The third-order valence-corrected chi connectivity index (χ3v) is 5.29. The van der Waals surface area contributed by atoms with Crippen LogP contribution in [0.3, 0.4) is 0 Å². The minimum atomic E-state index is -0.377. The van der Waals surface area contributed by atoms with Crippen LogP contribution in [0.2, 0.25) is 5.02 Å². The van der Waals surface area contributed by atoms with Crippen molar-refractivity contribution in [3.8, 4) is 0 Å². The number of pyridine rings is 2. The fourth-order valence-corrected chi connectivity index (χ4v) is 3.70. The van der Waals surface area contributed by atoms with Gasteiger partial charge in [-0.25, -0.2) is 4.98 Å². The molecular weight excluding hydrogens is 388 g/mol. The van der Waals surface area contributed by atoms with Crippen LogP contribution in [0.5, 0.6) is 0 Å². The molecule has 148 valence electrons. The van der Waals surface area contributed by atoms with E-state index in [0.717, 1.165) is 22.2 Å². The molecule has 2 N–H and O–H groups in total. The van der Waals surface area contributed by atoms with Crippen molar-refractivity contribution in [2.45, 2.75) is 26.8 Å². The molecule has 3 heterocycles. The van der Waals surface area contributed by atoms with Crippen molar-refractivity contribution in [1.29, 1.82) is 0 Å². The van der Waals surface area contributed by atoms with E-state index in [0.29, 0.717) is 35.6 Å². The molecule has 1 amide bonds. The maximum atomic E-state index is 12.8. The topological polar surface area (TPSA) is 79.8 Å². The van der Waals surface area contributed by atoms with Gasteiger partial charge in [-0.3, -0.25) is 9.59 Å². The molecule has 4 aromatic rings. The van der Waals surface area contributed by atoms with Crippen LogP contribution in [0.1, 0.15) is 28.5 Å². The standard InChI is InChI=1S/C22H21ClN4O2/c1-3-27-12-18(20(28)16-6-4-13(2)26-21(16)27)22(29)24-9-8-14-11-25-19-7-5-15(23)10-17(14)19/h4-7,10-12,25H,3,8-9H2,1-2H3,(H,24,29). The highest BCUT2D eigenvalue weighted by atomic mass is 35.5. The lowest BCUT2D eigenvalue weighted by Crippen LogP contribution is -2.31. The molecule has 29 heavy (non-hydrogen) atoms. The van der Waals surface area contributed by atoms with Gasteiger partial charge in [0.2, 0.25) is 5.43 Å². The Morgan fingerprint density at radius 1 is 1.24 bits per heavy atom. The fourth-order valence-electron chi connectivity index (χ4n) is 3.53. The number of aryl methyl sites for hydroxylation is 2. The maximum Gasteiger partial charge on any atom is 0.256 e. The summed E-state index contributed by atoms with van der Waals surface area (Å²) >= 11 is 6.09. The number of carbonyl (C=O) groups is 1. The maximum absolute atomic E-state index is 12.8. The number of hydrogen-bond donors (Lipinski definition) is 2. The lowest BCUT2D eigenvalue weighted by Gasteiger charge is -2.11. The molecule has 0 aliphatic heterocycles. The minimum absolute atomic E-state index is 0.131. The predicted molar refractivity (Wildman–Crippen MR) is 116 cm³/mol. The molecule has 0 fully saturated rings. The average molecular weight is 409 g/mol. The quantitative estimate of drug-likeness (QED) is 0.526. The molecule has 3 aromatic heterocycles. The molecule has 0 saturated heterocycles. The zero-order chi connectivity index (χ0) is 20.5. The van der Waals surface area contributed by atoms with E-state index >= 15 is 0 Å². The Kier molecular flexibility index (Phi) is 5.11. The molecule has 0 radical (unpaired) electrons. The van der Waals surface area contributed by atoms with Gasteiger partial charge in [-0.05, 0) is 56.2 Å². The number of nitrogens with one attached hydrogen (secondary N) is 2. The molecule has 0 spiro atoms. The first-order valence-electron chi connectivity index (χ1n) is 9.52. The van der Waals surface area contributed by atoms with Gasteiger partial charge in [0.15, 0.2) is 0 Å². The van der Waals surface area contributed by atoms with Crippen molar-refractivity contribution in [3.63, 3.8) is 0 Å². The summed E-state index contributed by atoms with van der Waals surface area (Å²) in [5, 5.41) is 5.02. The van der Waals surface area contributed by atoms with Crippen LogP contribution in [0.4, 0.5) is 0 Å². The van der Waals surface area contributed by atoms with Crippen LogP contribution < -0.4 is 10.7 Å². The van der Waals surface area contributed by atoms with Crippen LogP contribution in [0, 0.1) is 6.92 Å². The number of carbonyl (C=O) groups excluding carboxylic acids is 1. The van der Waals surface area contributed by atoms with Crippen molar-refractivity contribution in [2.24, 2.45) is 0 Å². The zero-order valence-electron chi connectivity index (χ0n) is 16.3. The Bertz CT molecular complexity index is 1290. The molecule has 0 saturated carbocycles. The van der Waals surface area contributed by atoms with E-state index < -0.39 is 0 Å². The smallest absolute Gasteiger partial charge is 0.256 e. The Balaban J connectivity index is 1.56. The van der Waals surface area contributed by atoms with E-state index in [1.165, 1.54) is 0 Å². The first-order valence-corrected chi connectivity index (χ1v) is 9.90. The summed E-state index contributed by atoms with van der Waals surface area (Å²) in [4.78, 5) is 33.2. The summed E-state index contributed by atoms with van der Waals surface area (Å²) in [7, 11) is 0. The third-order valence-electron chi connectivity index (χ3n) is 5.06. The second-order valence-corrected chi connectivity index (χ2v) is 7.43. The van der Waals surface area contributed by atoms with E-state index in [1.807, 2.05) is 42.8 Å². The van der Waals surface area contributed by atoms with Crippen molar-refractivity contribution >= 4 is 39.4 Å². The van der Waals surface area contributed by atoms with E-state index in [4.69, 9.17) is 11.6 Å². The van der Waals surface area contributed by atoms with Gasteiger partial charge >= 0.3 is 0 Å². The van der Waals surface area contributed by atoms with Crippen LogP contribution in [-0.4, -0.2) is 27.0 Å². The number of H-pyrrole nitrogens is 1. The summed E-state index contributed by atoms with van der Waals surface area (Å²) in [6, 6.07) is 9.19. The van der Waals surface area contributed by atoms with Crippen molar-refractivity contribution in [2.75, 3.05) is 6.54 Å². The predicted octanol–water partition coefficient (Wildman–Crippen LogP) is 3.83. The Morgan fingerprint density at radius 2 is 2.07 bits per heavy atom. The number of halogens is 1. The number of hydrogen-bond acceptors (Lipinski definition) is 3. The van der Waals surface area contributed by atoms with Crippen molar-refractivity contribution < 1.29 is 4.79 Å². The van der Waals surface area contributed by atoms with Crippen LogP contribution in [-0.2, 0) is 13.0 Å². The molecule has 7 heteroatoms. The van der Waals surface area contributed by atoms with Crippen LogP contribution in [0.15, 0.2) is 47.5 Å². The summed E-state index contributed by atoms with van der Waals surface area (Å²) in [6.07, 6.45) is 4.14. The van der Waals surface area contributed by atoms with E-state index in [2.05, 4.69) is 15.3 Å². The number of nitrogens with zero attached hydrogens (tertiary/aromatic N) is 2. The number of aromatic nitrogens is 3. The number of aromatic amines is 1. The monoisotopic (exact) mass is 408 g/mol. The molecule has 6 nitrogen and oxygen atoms in total. The molecule has 0 bridgehead atoms. The highest BCUT2D eigenvalue weighted by molar-refractivity contribution is 6.31. The highest BCUT2D eigenvalue weighted by Crippen LogP contribution is 2.22. The van der Waals surface area contributed by atoms with Crippen molar-refractivity contribution in [3.05, 3.63) is 74.8 Å². The molecule has 1 aromatic carbocycles. The van der Waals surface area contributed by atoms with Crippen molar-refractivity contribution in [1.82, 2.24) is 19.9 Å². The molecule has 0 atom stereocenters. The van der Waals surface area contributed by atoms with E-state index in [-0.39, 0.29) is 16.9 Å². The lowest BCUT2D eigenvalue weighted by molar-refractivity contribution is 0.0952.